The van der Waals surface area contributed by atoms with Crippen LogP contribution in [0.4, 0.5) is 16.2 Å². The van der Waals surface area contributed by atoms with E-state index in [4.69, 9.17) is 5.11 Å². The second-order valence-corrected chi connectivity index (χ2v) is 4.30. The van der Waals surface area contributed by atoms with Gasteiger partial charge in [-0.25, -0.2) is 4.79 Å². The molecular formula is C10H10BrN3O5. The van der Waals surface area contributed by atoms with Crippen LogP contribution in [0.5, 0.6) is 0 Å². The molecule has 1 aromatic rings. The Bertz CT molecular complexity index is 520. The monoisotopic (exact) mass is 331 g/mol. The number of hydrogen-bond acceptors (Lipinski definition) is 4. The third-order valence-electron chi connectivity index (χ3n) is 2.03. The molecule has 0 radical (unpaired) electrons. The lowest BCUT2D eigenvalue weighted by Gasteiger charge is -2.08. The van der Waals surface area contributed by atoms with Crippen LogP contribution in [-0.4, -0.2) is 28.6 Å². The highest BCUT2D eigenvalue weighted by atomic mass is 79.9. The highest BCUT2D eigenvalue weighted by Crippen LogP contribution is 2.26. The average Bonchev–Trinajstić information content (AvgIpc) is 2.31. The fourth-order valence-electron chi connectivity index (χ4n) is 1.17. The van der Waals surface area contributed by atoms with Crippen molar-refractivity contribution < 1.29 is 19.6 Å². The Balaban J connectivity index is 2.65. The molecule has 0 heterocycles. The van der Waals surface area contributed by atoms with Crippen LogP contribution >= 0.6 is 15.9 Å². The third kappa shape index (κ3) is 4.92. The number of carbonyl (C=O) groups is 2. The Morgan fingerprint density at radius 3 is 2.68 bits per heavy atom. The second-order valence-electron chi connectivity index (χ2n) is 3.45. The van der Waals surface area contributed by atoms with Gasteiger partial charge in [-0.1, -0.05) is 0 Å². The number of anilines is 1. The molecule has 0 fully saturated rings. The van der Waals surface area contributed by atoms with Crippen molar-refractivity contribution in [2.45, 2.75) is 6.42 Å². The number of carboxylic acids is 1. The summed E-state index contributed by atoms with van der Waals surface area (Å²) in [6, 6.07) is 3.28. The molecule has 0 aliphatic carbocycles. The Morgan fingerprint density at radius 2 is 2.11 bits per heavy atom. The molecular weight excluding hydrogens is 322 g/mol. The van der Waals surface area contributed by atoms with Crippen LogP contribution in [0.25, 0.3) is 0 Å². The number of carboxylic acid groups (broad SMARTS) is 1. The van der Waals surface area contributed by atoms with E-state index in [1.54, 1.807) is 0 Å². The molecule has 0 aliphatic heterocycles. The smallest absolute Gasteiger partial charge is 0.319 e. The maximum Gasteiger partial charge on any atom is 0.319 e. The van der Waals surface area contributed by atoms with Crippen LogP contribution in [0.15, 0.2) is 22.7 Å². The van der Waals surface area contributed by atoms with Crippen LogP contribution in [0.2, 0.25) is 0 Å². The van der Waals surface area contributed by atoms with E-state index in [0.717, 1.165) is 0 Å². The summed E-state index contributed by atoms with van der Waals surface area (Å²) in [6.45, 7) is -0.0340. The van der Waals surface area contributed by atoms with Crippen LogP contribution in [0.3, 0.4) is 0 Å². The van der Waals surface area contributed by atoms with Gasteiger partial charge < -0.3 is 15.7 Å². The highest BCUT2D eigenvalue weighted by Gasteiger charge is 2.11. The molecule has 0 spiro atoms. The van der Waals surface area contributed by atoms with Crippen molar-refractivity contribution in [2.24, 2.45) is 0 Å². The molecule has 1 rings (SSSR count). The van der Waals surface area contributed by atoms with Crippen molar-refractivity contribution in [1.82, 2.24) is 5.32 Å². The average molecular weight is 332 g/mol. The second kappa shape index (κ2) is 6.69. The molecule has 102 valence electrons. The number of carbonyl (C=O) groups excluding carboxylic acids is 1. The number of nitro groups is 1. The molecule has 2 amide bonds. The van der Waals surface area contributed by atoms with Crippen LogP contribution in [0.1, 0.15) is 6.42 Å². The molecule has 0 bridgehead atoms. The van der Waals surface area contributed by atoms with E-state index in [0.29, 0.717) is 4.47 Å². The summed E-state index contributed by atoms with van der Waals surface area (Å²) in [6.07, 6.45) is -0.205. The summed E-state index contributed by atoms with van der Waals surface area (Å²) in [5, 5.41) is 23.7. The summed E-state index contributed by atoms with van der Waals surface area (Å²) in [5.74, 6) is -1.03. The Morgan fingerprint density at radius 1 is 1.42 bits per heavy atom. The van der Waals surface area contributed by atoms with Gasteiger partial charge in [0.25, 0.3) is 5.69 Å². The van der Waals surface area contributed by atoms with Gasteiger partial charge in [0, 0.05) is 23.2 Å². The van der Waals surface area contributed by atoms with Gasteiger partial charge in [-0.15, -0.1) is 0 Å². The standard InChI is InChI=1S/C10H10BrN3O5/c11-7-2-1-6(14(18)19)5-8(7)13-10(17)12-4-3-9(15)16/h1-2,5H,3-4H2,(H,15,16)(H2,12,13,17). The number of nitrogens with one attached hydrogen (secondary N) is 2. The SMILES string of the molecule is O=C(O)CCNC(=O)Nc1cc([N+](=O)[O-])ccc1Br. The number of amides is 2. The van der Waals surface area contributed by atoms with Gasteiger partial charge in [0.15, 0.2) is 0 Å². The predicted octanol–water partition coefficient (Wildman–Crippen LogP) is 1.95. The minimum absolute atomic E-state index is 0.0340. The Kier molecular flexibility index (Phi) is 5.24. The van der Waals surface area contributed by atoms with Crippen LogP contribution in [0, 0.1) is 10.1 Å². The van der Waals surface area contributed by atoms with Crippen molar-refractivity contribution >= 4 is 39.3 Å². The molecule has 0 saturated heterocycles. The van der Waals surface area contributed by atoms with Crippen molar-refractivity contribution in [2.75, 3.05) is 11.9 Å². The van der Waals surface area contributed by atoms with Crippen molar-refractivity contribution in [3.8, 4) is 0 Å². The summed E-state index contributed by atoms with van der Waals surface area (Å²) < 4.78 is 0.478. The number of nitrogens with zero attached hydrogens (tertiary/aromatic N) is 1. The number of nitro benzene ring substituents is 1. The quantitative estimate of drug-likeness (QED) is 0.562. The van der Waals surface area contributed by atoms with E-state index >= 15 is 0 Å². The number of benzene rings is 1. The van der Waals surface area contributed by atoms with Gasteiger partial charge in [0.1, 0.15) is 0 Å². The Labute approximate surface area is 116 Å². The lowest BCUT2D eigenvalue weighted by atomic mass is 10.3. The normalized spacial score (nSPS) is 9.74. The third-order valence-corrected chi connectivity index (χ3v) is 2.72. The summed E-state index contributed by atoms with van der Waals surface area (Å²) >= 11 is 3.14. The summed E-state index contributed by atoms with van der Waals surface area (Å²) in [7, 11) is 0. The molecule has 0 saturated carbocycles. The van der Waals surface area contributed by atoms with E-state index in [1.165, 1.54) is 18.2 Å². The molecule has 0 atom stereocenters. The number of aliphatic carboxylic acids is 1. The number of halogens is 1. The van der Waals surface area contributed by atoms with Crippen molar-refractivity contribution in [3.05, 3.63) is 32.8 Å². The summed E-state index contributed by atoms with van der Waals surface area (Å²) in [4.78, 5) is 31.7. The van der Waals surface area contributed by atoms with E-state index in [1.807, 2.05) is 0 Å². The zero-order valence-electron chi connectivity index (χ0n) is 9.55. The molecule has 0 aliphatic rings. The molecule has 9 heteroatoms. The molecule has 19 heavy (non-hydrogen) atoms. The van der Waals surface area contributed by atoms with Gasteiger partial charge in [-0.3, -0.25) is 14.9 Å². The first kappa shape index (κ1) is 14.9. The molecule has 0 unspecified atom stereocenters. The molecule has 8 nitrogen and oxygen atoms in total. The van der Waals surface area contributed by atoms with Gasteiger partial charge in [-0.2, -0.15) is 0 Å². The number of urea groups is 1. The highest BCUT2D eigenvalue weighted by molar-refractivity contribution is 9.10. The lowest BCUT2D eigenvalue weighted by Crippen LogP contribution is -2.30. The number of hydrogen-bond donors (Lipinski definition) is 3. The lowest BCUT2D eigenvalue weighted by molar-refractivity contribution is -0.384. The fraction of sp³-hybridized carbons (Fsp3) is 0.200. The van der Waals surface area contributed by atoms with Crippen molar-refractivity contribution in [3.63, 3.8) is 0 Å². The first-order valence-electron chi connectivity index (χ1n) is 5.10. The van der Waals surface area contributed by atoms with Gasteiger partial charge >= 0.3 is 12.0 Å². The van der Waals surface area contributed by atoms with E-state index in [2.05, 4.69) is 26.6 Å². The molecule has 3 N–H and O–H groups in total. The minimum atomic E-state index is -1.03. The number of non-ortho nitro benzene ring substituents is 1. The van der Waals surface area contributed by atoms with Gasteiger partial charge in [-0.05, 0) is 22.0 Å². The maximum atomic E-state index is 11.4. The van der Waals surface area contributed by atoms with E-state index < -0.39 is 16.9 Å². The van der Waals surface area contributed by atoms with E-state index in [9.17, 15) is 19.7 Å². The molecule has 0 aromatic heterocycles. The molecule has 1 aromatic carbocycles. The van der Waals surface area contributed by atoms with Crippen LogP contribution < -0.4 is 10.6 Å². The zero-order valence-corrected chi connectivity index (χ0v) is 11.1. The van der Waals surface area contributed by atoms with Crippen LogP contribution in [-0.2, 0) is 4.79 Å². The van der Waals surface area contributed by atoms with E-state index in [-0.39, 0.29) is 24.3 Å². The first-order valence-corrected chi connectivity index (χ1v) is 5.90. The fourth-order valence-corrected chi connectivity index (χ4v) is 1.52. The van der Waals surface area contributed by atoms with Gasteiger partial charge in [0.2, 0.25) is 0 Å². The minimum Gasteiger partial charge on any atom is -0.481 e. The Hall–Kier alpha value is -2.16. The van der Waals surface area contributed by atoms with Crippen molar-refractivity contribution in [1.29, 1.82) is 0 Å². The summed E-state index contributed by atoms with van der Waals surface area (Å²) in [5.41, 5.74) is 0.0612. The maximum absolute atomic E-state index is 11.4. The zero-order chi connectivity index (χ0) is 14.4. The largest absolute Gasteiger partial charge is 0.481 e. The number of rotatable bonds is 5. The first-order chi connectivity index (χ1) is 8.90. The van der Waals surface area contributed by atoms with Gasteiger partial charge in [0.05, 0.1) is 17.0 Å². The topological polar surface area (TPSA) is 122 Å². The predicted molar refractivity (Wildman–Crippen MR) is 70.1 cm³/mol.